The van der Waals surface area contributed by atoms with Crippen LogP contribution in [0.15, 0.2) is 18.2 Å². The smallest absolute Gasteiger partial charge is 0.227 e. The SMILES string of the molecule is Cl.Cl.NC1C2CCCC1CC(C(=O)Nc1cccc(Cl)c1N1CCOCC1)C2. The number of nitrogens with one attached hydrogen (secondary N) is 1. The number of carbonyl (C=O) groups excluding carboxylic acids is 1. The summed E-state index contributed by atoms with van der Waals surface area (Å²) in [5.41, 5.74) is 8.10. The summed E-state index contributed by atoms with van der Waals surface area (Å²) in [5, 5.41) is 3.85. The zero-order chi connectivity index (χ0) is 18.1. The van der Waals surface area contributed by atoms with Crippen LogP contribution in [0.2, 0.25) is 5.02 Å². The third-order valence-electron chi connectivity index (χ3n) is 6.36. The van der Waals surface area contributed by atoms with Gasteiger partial charge < -0.3 is 20.7 Å². The number of halogens is 3. The second-order valence-corrected chi connectivity index (χ2v) is 8.33. The number of nitrogens with two attached hydrogens (primary N) is 1. The summed E-state index contributed by atoms with van der Waals surface area (Å²) in [6.45, 7) is 2.94. The Hall–Kier alpha value is -0.720. The molecule has 3 fully saturated rings. The van der Waals surface area contributed by atoms with Crippen LogP contribution in [0.4, 0.5) is 11.4 Å². The van der Waals surface area contributed by atoms with Gasteiger partial charge in [-0.3, -0.25) is 4.79 Å². The Morgan fingerprint density at radius 1 is 1.14 bits per heavy atom. The number of hydrogen-bond acceptors (Lipinski definition) is 4. The zero-order valence-electron chi connectivity index (χ0n) is 15.9. The third-order valence-corrected chi connectivity index (χ3v) is 6.66. The minimum Gasteiger partial charge on any atom is -0.378 e. The van der Waals surface area contributed by atoms with Gasteiger partial charge in [0.05, 0.1) is 29.6 Å². The zero-order valence-corrected chi connectivity index (χ0v) is 18.3. The van der Waals surface area contributed by atoms with Gasteiger partial charge in [-0.15, -0.1) is 24.8 Å². The first-order valence-electron chi connectivity index (χ1n) is 9.81. The second-order valence-electron chi connectivity index (χ2n) is 7.92. The Kier molecular flexibility index (Phi) is 8.71. The molecule has 1 aliphatic heterocycles. The predicted octanol–water partition coefficient (Wildman–Crippen LogP) is 4.11. The van der Waals surface area contributed by atoms with E-state index < -0.39 is 0 Å². The van der Waals surface area contributed by atoms with Crippen LogP contribution in [0.3, 0.4) is 0 Å². The van der Waals surface area contributed by atoms with Gasteiger partial charge in [-0.25, -0.2) is 0 Å². The Morgan fingerprint density at radius 2 is 1.79 bits per heavy atom. The number of para-hydroxylation sites is 1. The average Bonchev–Trinajstić information content (AvgIpc) is 2.62. The molecule has 2 atom stereocenters. The summed E-state index contributed by atoms with van der Waals surface area (Å²) >= 11 is 6.48. The predicted molar refractivity (Wildman–Crippen MR) is 119 cm³/mol. The quantitative estimate of drug-likeness (QED) is 0.727. The molecule has 0 radical (unpaired) electrons. The minimum absolute atomic E-state index is 0. The van der Waals surface area contributed by atoms with Crippen LogP contribution < -0.4 is 16.0 Å². The van der Waals surface area contributed by atoms with Crippen molar-refractivity contribution in [2.45, 2.75) is 38.1 Å². The van der Waals surface area contributed by atoms with Crippen molar-refractivity contribution in [3.63, 3.8) is 0 Å². The monoisotopic (exact) mass is 449 g/mol. The minimum atomic E-state index is 0. The maximum atomic E-state index is 13.0. The van der Waals surface area contributed by atoms with Gasteiger partial charge >= 0.3 is 0 Å². The van der Waals surface area contributed by atoms with Gasteiger partial charge in [0.1, 0.15) is 0 Å². The third kappa shape index (κ3) is 4.88. The van der Waals surface area contributed by atoms with Crippen molar-refractivity contribution in [2.24, 2.45) is 23.5 Å². The van der Waals surface area contributed by atoms with Gasteiger partial charge in [0.25, 0.3) is 0 Å². The summed E-state index contributed by atoms with van der Waals surface area (Å²) < 4.78 is 5.45. The number of morpholine rings is 1. The first-order valence-corrected chi connectivity index (χ1v) is 10.2. The average molecular weight is 451 g/mol. The van der Waals surface area contributed by atoms with Crippen molar-refractivity contribution in [3.05, 3.63) is 23.2 Å². The lowest BCUT2D eigenvalue weighted by Gasteiger charge is -2.43. The molecule has 158 valence electrons. The lowest BCUT2D eigenvalue weighted by molar-refractivity contribution is -0.122. The van der Waals surface area contributed by atoms with Crippen LogP contribution in [-0.2, 0) is 9.53 Å². The molecule has 0 spiro atoms. The Morgan fingerprint density at radius 3 is 2.43 bits per heavy atom. The molecule has 1 saturated heterocycles. The van der Waals surface area contributed by atoms with Crippen molar-refractivity contribution in [1.29, 1.82) is 0 Å². The molecule has 2 bridgehead atoms. The maximum absolute atomic E-state index is 13.0. The second kappa shape index (κ2) is 10.4. The van der Waals surface area contributed by atoms with E-state index in [0.29, 0.717) is 30.1 Å². The number of nitrogens with zero attached hydrogens (tertiary/aromatic N) is 1. The van der Waals surface area contributed by atoms with Crippen molar-refractivity contribution in [2.75, 3.05) is 36.5 Å². The number of benzene rings is 1. The topological polar surface area (TPSA) is 67.6 Å². The van der Waals surface area contributed by atoms with E-state index in [9.17, 15) is 4.79 Å². The van der Waals surface area contributed by atoms with E-state index in [1.165, 1.54) is 6.42 Å². The highest BCUT2D eigenvalue weighted by molar-refractivity contribution is 6.34. The van der Waals surface area contributed by atoms with Crippen molar-refractivity contribution in [1.82, 2.24) is 0 Å². The first-order chi connectivity index (χ1) is 12.6. The van der Waals surface area contributed by atoms with E-state index in [4.69, 9.17) is 22.1 Å². The van der Waals surface area contributed by atoms with E-state index in [1.54, 1.807) is 0 Å². The van der Waals surface area contributed by atoms with Crippen molar-refractivity contribution >= 4 is 53.7 Å². The fourth-order valence-electron chi connectivity index (χ4n) is 4.96. The van der Waals surface area contributed by atoms with E-state index >= 15 is 0 Å². The number of anilines is 2. The summed E-state index contributed by atoms with van der Waals surface area (Å²) in [6.07, 6.45) is 5.41. The fourth-order valence-corrected chi connectivity index (χ4v) is 5.26. The lowest BCUT2D eigenvalue weighted by Crippen LogP contribution is -2.48. The van der Waals surface area contributed by atoms with Gasteiger partial charge in [-0.2, -0.15) is 0 Å². The molecule has 5 nitrogen and oxygen atoms in total. The number of amides is 1. The molecule has 0 aromatic heterocycles. The maximum Gasteiger partial charge on any atom is 0.227 e. The Labute approximate surface area is 184 Å². The molecule has 1 aromatic rings. The van der Waals surface area contributed by atoms with Crippen LogP contribution in [0, 0.1) is 17.8 Å². The number of ether oxygens (including phenoxy) is 1. The lowest BCUT2D eigenvalue weighted by atomic mass is 9.65. The van der Waals surface area contributed by atoms with E-state index in [1.807, 2.05) is 18.2 Å². The molecule has 28 heavy (non-hydrogen) atoms. The van der Waals surface area contributed by atoms with Crippen LogP contribution in [0.5, 0.6) is 0 Å². The number of hydrogen-bond donors (Lipinski definition) is 2. The summed E-state index contributed by atoms with van der Waals surface area (Å²) in [7, 11) is 0. The van der Waals surface area contributed by atoms with Gasteiger partial charge in [-0.1, -0.05) is 24.1 Å². The molecule has 4 rings (SSSR count). The van der Waals surface area contributed by atoms with E-state index in [-0.39, 0.29) is 42.7 Å². The first kappa shape index (κ1) is 23.6. The molecular formula is C20H30Cl3N3O2. The molecule has 3 aliphatic rings. The molecule has 1 aromatic carbocycles. The molecular weight excluding hydrogens is 421 g/mol. The van der Waals surface area contributed by atoms with Crippen LogP contribution in [-0.4, -0.2) is 38.3 Å². The van der Waals surface area contributed by atoms with Gasteiger partial charge in [0.15, 0.2) is 0 Å². The van der Waals surface area contributed by atoms with E-state index in [0.717, 1.165) is 50.1 Å². The van der Waals surface area contributed by atoms with Crippen molar-refractivity contribution < 1.29 is 9.53 Å². The van der Waals surface area contributed by atoms with Crippen LogP contribution in [0.25, 0.3) is 0 Å². The highest BCUT2D eigenvalue weighted by Crippen LogP contribution is 2.43. The molecule has 2 saturated carbocycles. The number of fused-ring (bicyclic) bond motifs is 2. The number of rotatable bonds is 3. The standard InChI is InChI=1S/C20H28ClN3O2.2ClH/c21-16-5-2-6-17(19(16)24-7-9-26-10-8-24)23-20(25)15-11-13-3-1-4-14(12-15)18(13)22;;/h2,5-6,13-15,18H,1,3-4,7-12,22H2,(H,23,25);2*1H. The van der Waals surface area contributed by atoms with Crippen LogP contribution in [0.1, 0.15) is 32.1 Å². The fraction of sp³-hybridized carbons (Fsp3) is 0.650. The highest BCUT2D eigenvalue weighted by atomic mass is 35.5. The summed E-state index contributed by atoms with van der Waals surface area (Å²) in [4.78, 5) is 15.2. The van der Waals surface area contributed by atoms with E-state index in [2.05, 4.69) is 10.2 Å². The number of carbonyl (C=O) groups is 1. The normalized spacial score (nSPS) is 29.3. The van der Waals surface area contributed by atoms with Gasteiger partial charge in [0.2, 0.25) is 5.91 Å². The largest absolute Gasteiger partial charge is 0.378 e. The highest BCUT2D eigenvalue weighted by Gasteiger charge is 2.40. The molecule has 3 N–H and O–H groups in total. The van der Waals surface area contributed by atoms with Crippen LogP contribution >= 0.6 is 36.4 Å². The Bertz CT molecular complexity index is 656. The van der Waals surface area contributed by atoms with Crippen molar-refractivity contribution in [3.8, 4) is 0 Å². The molecule has 1 amide bonds. The van der Waals surface area contributed by atoms with Gasteiger partial charge in [0, 0.05) is 25.0 Å². The summed E-state index contributed by atoms with van der Waals surface area (Å²) in [6, 6.07) is 6.01. The van der Waals surface area contributed by atoms with Gasteiger partial charge in [-0.05, 0) is 49.7 Å². The molecule has 1 heterocycles. The summed E-state index contributed by atoms with van der Waals surface area (Å²) in [5.74, 6) is 1.17. The molecule has 8 heteroatoms. The molecule has 2 unspecified atom stereocenters. The molecule has 2 aliphatic carbocycles. The Balaban J connectivity index is 0.00000140.